The molecule has 2 heterocycles. The van der Waals surface area contributed by atoms with Crippen molar-refractivity contribution in [2.45, 2.75) is 39.0 Å². The van der Waals surface area contributed by atoms with Gasteiger partial charge in [0.2, 0.25) is 0 Å². The standard InChI is InChI=1S/C17H21N3O2/c1-2-3-10-19-13-7-4-5-8-14(13)20(17(19)18)12-15(21)16-9-6-11-22-16/h4-9,11,15,18,21H,2-3,10,12H2,1H3/p+1/t15-/m1/s1. The lowest BCUT2D eigenvalue weighted by molar-refractivity contribution is -0.666. The van der Waals surface area contributed by atoms with Crippen LogP contribution in [0.1, 0.15) is 31.6 Å². The van der Waals surface area contributed by atoms with Crippen LogP contribution in [0.3, 0.4) is 0 Å². The molecule has 0 aliphatic carbocycles. The van der Waals surface area contributed by atoms with E-state index in [4.69, 9.17) is 10.2 Å². The van der Waals surface area contributed by atoms with Gasteiger partial charge in [0.25, 0.3) is 0 Å². The summed E-state index contributed by atoms with van der Waals surface area (Å²) < 4.78 is 9.36. The number of hydrogen-bond donors (Lipinski definition) is 2. The number of anilines is 1. The molecule has 3 rings (SSSR count). The lowest BCUT2D eigenvalue weighted by atomic mass is 10.2. The van der Waals surface area contributed by atoms with Gasteiger partial charge >= 0.3 is 5.95 Å². The second kappa shape index (κ2) is 6.23. The molecule has 0 unspecified atom stereocenters. The first kappa shape index (κ1) is 14.7. The van der Waals surface area contributed by atoms with Crippen molar-refractivity contribution in [3.8, 4) is 0 Å². The minimum atomic E-state index is -0.715. The van der Waals surface area contributed by atoms with Crippen molar-refractivity contribution in [2.75, 3.05) is 5.73 Å². The molecular formula is C17H22N3O2+. The predicted octanol–water partition coefficient (Wildman–Crippen LogP) is 2.64. The van der Waals surface area contributed by atoms with E-state index >= 15 is 0 Å². The number of para-hydroxylation sites is 2. The van der Waals surface area contributed by atoms with Crippen LogP contribution >= 0.6 is 0 Å². The lowest BCUT2D eigenvalue weighted by Crippen LogP contribution is -2.39. The molecular weight excluding hydrogens is 278 g/mol. The van der Waals surface area contributed by atoms with Gasteiger partial charge in [-0.2, -0.15) is 0 Å². The van der Waals surface area contributed by atoms with E-state index < -0.39 is 6.10 Å². The fourth-order valence-electron chi connectivity index (χ4n) is 2.80. The Hall–Kier alpha value is -2.27. The summed E-state index contributed by atoms with van der Waals surface area (Å²) in [7, 11) is 0. The molecule has 0 saturated carbocycles. The quantitative estimate of drug-likeness (QED) is 0.688. The molecule has 0 saturated heterocycles. The van der Waals surface area contributed by atoms with E-state index in [1.165, 1.54) is 0 Å². The first-order valence-electron chi connectivity index (χ1n) is 7.70. The summed E-state index contributed by atoms with van der Waals surface area (Å²) in [5.41, 5.74) is 8.47. The first-order chi connectivity index (χ1) is 10.7. The van der Waals surface area contributed by atoms with Gasteiger partial charge in [0.15, 0.2) is 0 Å². The van der Waals surface area contributed by atoms with E-state index in [0.29, 0.717) is 18.3 Å². The highest BCUT2D eigenvalue weighted by Gasteiger charge is 2.23. The number of aliphatic hydroxyl groups excluding tert-OH is 1. The molecule has 0 fully saturated rings. The van der Waals surface area contributed by atoms with Crippen molar-refractivity contribution in [1.82, 2.24) is 4.57 Å². The number of fused-ring (bicyclic) bond motifs is 1. The van der Waals surface area contributed by atoms with Crippen LogP contribution in [-0.4, -0.2) is 9.67 Å². The predicted molar refractivity (Wildman–Crippen MR) is 85.1 cm³/mol. The molecule has 0 aliphatic heterocycles. The van der Waals surface area contributed by atoms with E-state index in [0.717, 1.165) is 30.4 Å². The molecule has 0 amide bonds. The number of aryl methyl sites for hydroxylation is 1. The Morgan fingerprint density at radius 2 is 2.09 bits per heavy atom. The van der Waals surface area contributed by atoms with Crippen LogP contribution in [0.4, 0.5) is 5.95 Å². The molecule has 5 heteroatoms. The summed E-state index contributed by atoms with van der Waals surface area (Å²) in [5, 5.41) is 10.4. The van der Waals surface area contributed by atoms with E-state index in [9.17, 15) is 5.11 Å². The molecule has 1 aromatic carbocycles. The normalized spacial score (nSPS) is 12.8. The maximum absolute atomic E-state index is 10.4. The topological polar surface area (TPSA) is 68.2 Å². The highest BCUT2D eigenvalue weighted by Crippen LogP contribution is 2.20. The SMILES string of the molecule is CCCCn1c(N)[n+](C[C@@H](O)c2ccco2)c2ccccc21. The smallest absolute Gasteiger partial charge is 0.356 e. The highest BCUT2D eigenvalue weighted by molar-refractivity contribution is 5.73. The van der Waals surface area contributed by atoms with Gasteiger partial charge in [-0.3, -0.25) is 5.73 Å². The summed E-state index contributed by atoms with van der Waals surface area (Å²) in [6.45, 7) is 3.42. The van der Waals surface area contributed by atoms with Gasteiger partial charge in [0.1, 0.15) is 29.4 Å². The summed E-state index contributed by atoms with van der Waals surface area (Å²) in [6, 6.07) is 11.6. The van der Waals surface area contributed by atoms with Gasteiger partial charge in [-0.25, -0.2) is 9.13 Å². The number of aromatic nitrogens is 2. The van der Waals surface area contributed by atoms with Crippen molar-refractivity contribution in [2.24, 2.45) is 0 Å². The maximum Gasteiger partial charge on any atom is 0.356 e. The number of nitrogens with two attached hydrogens (primary N) is 1. The van der Waals surface area contributed by atoms with Crippen LogP contribution in [0.5, 0.6) is 0 Å². The third-order valence-corrected chi connectivity index (χ3v) is 3.98. The van der Waals surface area contributed by atoms with Crippen LogP contribution in [-0.2, 0) is 13.1 Å². The Kier molecular flexibility index (Phi) is 4.15. The van der Waals surface area contributed by atoms with Crippen molar-refractivity contribution in [1.29, 1.82) is 0 Å². The molecule has 116 valence electrons. The van der Waals surface area contributed by atoms with Crippen LogP contribution in [0.2, 0.25) is 0 Å². The van der Waals surface area contributed by atoms with Crippen molar-refractivity contribution >= 4 is 17.0 Å². The Morgan fingerprint density at radius 1 is 1.27 bits per heavy atom. The van der Waals surface area contributed by atoms with Gasteiger partial charge in [0, 0.05) is 0 Å². The number of nitrogens with zero attached hydrogens (tertiary/aromatic N) is 2. The monoisotopic (exact) mass is 300 g/mol. The zero-order valence-electron chi connectivity index (χ0n) is 12.8. The average Bonchev–Trinajstić information content (AvgIpc) is 3.14. The fraction of sp³-hybridized carbons (Fsp3) is 0.353. The number of rotatable bonds is 6. The number of imidazole rings is 1. The van der Waals surface area contributed by atoms with E-state index in [-0.39, 0.29) is 0 Å². The second-order valence-electron chi connectivity index (χ2n) is 5.49. The number of hydrogen-bond acceptors (Lipinski definition) is 3. The summed E-state index contributed by atoms with van der Waals surface area (Å²) in [5.74, 6) is 1.22. The van der Waals surface area contributed by atoms with Crippen molar-refractivity contribution in [3.05, 3.63) is 48.4 Å². The minimum absolute atomic E-state index is 0.374. The molecule has 2 aromatic heterocycles. The van der Waals surface area contributed by atoms with E-state index in [1.807, 2.05) is 22.8 Å². The van der Waals surface area contributed by atoms with Crippen LogP contribution in [0.25, 0.3) is 11.0 Å². The van der Waals surface area contributed by atoms with Crippen LogP contribution < -0.4 is 10.3 Å². The molecule has 0 aliphatic rings. The molecule has 5 nitrogen and oxygen atoms in total. The molecule has 0 radical (unpaired) electrons. The van der Waals surface area contributed by atoms with Crippen LogP contribution in [0.15, 0.2) is 47.1 Å². The summed E-state index contributed by atoms with van der Waals surface area (Å²) in [6.07, 6.45) is 3.04. The van der Waals surface area contributed by atoms with Crippen molar-refractivity contribution < 1.29 is 14.1 Å². The number of nitrogen functional groups attached to an aromatic ring is 1. The molecule has 0 bridgehead atoms. The zero-order chi connectivity index (χ0) is 15.5. The van der Waals surface area contributed by atoms with Gasteiger partial charge in [-0.15, -0.1) is 0 Å². The zero-order valence-corrected chi connectivity index (χ0v) is 12.8. The number of aliphatic hydroxyl groups is 1. The number of furan rings is 1. The molecule has 3 aromatic rings. The molecule has 3 N–H and O–H groups in total. The maximum atomic E-state index is 10.4. The summed E-state index contributed by atoms with van der Waals surface area (Å²) >= 11 is 0. The van der Waals surface area contributed by atoms with Crippen LogP contribution in [0, 0.1) is 0 Å². The Labute approximate surface area is 129 Å². The molecule has 1 atom stereocenters. The third kappa shape index (κ3) is 2.60. The van der Waals surface area contributed by atoms with Gasteiger partial charge in [0.05, 0.1) is 12.8 Å². The van der Waals surface area contributed by atoms with Gasteiger partial charge in [-0.05, 0) is 30.7 Å². The van der Waals surface area contributed by atoms with Gasteiger partial charge < -0.3 is 9.52 Å². The average molecular weight is 300 g/mol. The molecule has 22 heavy (non-hydrogen) atoms. The third-order valence-electron chi connectivity index (χ3n) is 3.98. The highest BCUT2D eigenvalue weighted by atomic mass is 16.4. The lowest BCUT2D eigenvalue weighted by Gasteiger charge is -2.07. The number of benzene rings is 1. The van der Waals surface area contributed by atoms with Gasteiger partial charge in [-0.1, -0.05) is 25.5 Å². The summed E-state index contributed by atoms with van der Waals surface area (Å²) in [4.78, 5) is 0. The Bertz CT molecular complexity index is 747. The minimum Gasteiger partial charge on any atom is -0.466 e. The second-order valence-corrected chi connectivity index (χ2v) is 5.49. The first-order valence-corrected chi connectivity index (χ1v) is 7.70. The van der Waals surface area contributed by atoms with E-state index in [1.54, 1.807) is 18.4 Å². The molecule has 0 spiro atoms. The largest absolute Gasteiger partial charge is 0.466 e. The van der Waals surface area contributed by atoms with E-state index in [2.05, 4.69) is 17.6 Å². The Balaban J connectivity index is 1.99. The number of unbranched alkanes of at least 4 members (excludes halogenated alkanes) is 1. The Morgan fingerprint density at radius 3 is 2.82 bits per heavy atom. The fourth-order valence-corrected chi connectivity index (χ4v) is 2.80. The van der Waals surface area contributed by atoms with Crippen molar-refractivity contribution in [3.63, 3.8) is 0 Å².